The summed E-state index contributed by atoms with van der Waals surface area (Å²) in [5.74, 6) is 0.573. The van der Waals surface area contributed by atoms with E-state index in [-0.39, 0.29) is 23.8 Å². The molecular weight excluding hydrogens is 410 g/mol. The van der Waals surface area contributed by atoms with E-state index in [1.165, 1.54) is 17.7 Å². The van der Waals surface area contributed by atoms with Gasteiger partial charge in [-0.3, -0.25) is 9.59 Å². The number of amides is 1. The average Bonchev–Trinajstić information content (AvgIpc) is 3.27. The van der Waals surface area contributed by atoms with Gasteiger partial charge < -0.3 is 16.4 Å². The Hall–Kier alpha value is -3.10. The SMILES string of the molecule is CC(=O)c1ccc(-c2cc(Nc3ccc(C(=O)N[C@@H]4CCCC[C@H]4N)cc3)ncn2)s1. The van der Waals surface area contributed by atoms with Crippen molar-refractivity contribution in [2.75, 3.05) is 5.32 Å². The smallest absolute Gasteiger partial charge is 0.251 e. The Morgan fingerprint density at radius 2 is 1.84 bits per heavy atom. The number of rotatable bonds is 6. The minimum Gasteiger partial charge on any atom is -0.348 e. The Labute approximate surface area is 185 Å². The van der Waals surface area contributed by atoms with Gasteiger partial charge in [-0.05, 0) is 56.2 Å². The second-order valence-electron chi connectivity index (χ2n) is 7.74. The minimum absolute atomic E-state index is 0.0282. The van der Waals surface area contributed by atoms with Crippen molar-refractivity contribution in [1.29, 1.82) is 0 Å². The molecule has 160 valence electrons. The zero-order chi connectivity index (χ0) is 21.8. The highest BCUT2D eigenvalue weighted by Crippen LogP contribution is 2.28. The fourth-order valence-electron chi connectivity index (χ4n) is 3.67. The molecule has 1 saturated carbocycles. The van der Waals surface area contributed by atoms with E-state index < -0.39 is 0 Å². The number of carbonyl (C=O) groups excluding carboxylic acids is 2. The standard InChI is InChI=1S/C23H25N5O2S/c1-14(29)20-10-11-21(31-20)19-12-22(26-13-25-19)27-16-8-6-15(7-9-16)23(30)28-18-5-3-2-4-17(18)24/h6-13,17-18H,2-5,24H2,1H3,(H,28,30)(H,25,26,27)/t17-,18-/m1/s1. The van der Waals surface area contributed by atoms with Gasteiger partial charge in [-0.2, -0.15) is 0 Å². The van der Waals surface area contributed by atoms with Crippen LogP contribution in [0.1, 0.15) is 52.6 Å². The molecule has 0 radical (unpaired) electrons. The Morgan fingerprint density at radius 3 is 2.55 bits per heavy atom. The quantitative estimate of drug-likeness (QED) is 0.502. The number of ketones is 1. The topological polar surface area (TPSA) is 110 Å². The van der Waals surface area contributed by atoms with E-state index >= 15 is 0 Å². The molecule has 0 saturated heterocycles. The Bertz CT molecular complexity index is 1080. The van der Waals surface area contributed by atoms with Gasteiger partial charge in [0.15, 0.2) is 5.78 Å². The van der Waals surface area contributed by atoms with E-state index in [2.05, 4.69) is 20.6 Å². The fraction of sp³-hybridized carbons (Fsp3) is 0.304. The summed E-state index contributed by atoms with van der Waals surface area (Å²) in [5.41, 5.74) is 8.29. The number of nitrogens with zero attached hydrogens (tertiary/aromatic N) is 2. The third kappa shape index (κ3) is 5.15. The minimum atomic E-state index is -0.0998. The van der Waals surface area contributed by atoms with Crippen molar-refractivity contribution >= 4 is 34.5 Å². The normalized spacial score (nSPS) is 18.4. The Morgan fingerprint density at radius 1 is 1.06 bits per heavy atom. The number of nitrogens with two attached hydrogens (primary N) is 1. The van der Waals surface area contributed by atoms with E-state index in [0.29, 0.717) is 16.3 Å². The Kier molecular flexibility index (Phi) is 6.39. The summed E-state index contributed by atoms with van der Waals surface area (Å²) in [6.45, 7) is 1.55. The highest BCUT2D eigenvalue weighted by Gasteiger charge is 2.23. The van der Waals surface area contributed by atoms with E-state index in [1.54, 1.807) is 19.1 Å². The van der Waals surface area contributed by atoms with Crippen LogP contribution in [0.15, 0.2) is 48.8 Å². The van der Waals surface area contributed by atoms with Gasteiger partial charge >= 0.3 is 0 Å². The number of anilines is 2. The summed E-state index contributed by atoms with van der Waals surface area (Å²) in [6.07, 6.45) is 5.60. The first kappa shape index (κ1) is 21.1. The molecule has 4 rings (SSSR count). The fourth-order valence-corrected chi connectivity index (χ4v) is 4.54. The first-order valence-corrected chi connectivity index (χ1v) is 11.2. The summed E-state index contributed by atoms with van der Waals surface area (Å²) >= 11 is 1.41. The van der Waals surface area contributed by atoms with E-state index in [9.17, 15) is 9.59 Å². The van der Waals surface area contributed by atoms with Gasteiger partial charge in [0, 0.05) is 29.4 Å². The molecule has 0 unspecified atom stereocenters. The molecule has 3 aromatic rings. The molecule has 31 heavy (non-hydrogen) atoms. The largest absolute Gasteiger partial charge is 0.348 e. The molecule has 1 fully saturated rings. The molecule has 7 nitrogen and oxygen atoms in total. The van der Waals surface area contributed by atoms with Crippen LogP contribution in [0.2, 0.25) is 0 Å². The third-order valence-corrected chi connectivity index (χ3v) is 6.64. The number of hydrogen-bond donors (Lipinski definition) is 3. The van der Waals surface area contributed by atoms with Crippen molar-refractivity contribution in [3.63, 3.8) is 0 Å². The van der Waals surface area contributed by atoms with Crippen molar-refractivity contribution in [3.8, 4) is 10.6 Å². The van der Waals surface area contributed by atoms with Crippen LogP contribution in [0.4, 0.5) is 11.5 Å². The van der Waals surface area contributed by atoms with Crippen LogP contribution in [0.25, 0.3) is 10.6 Å². The lowest BCUT2D eigenvalue weighted by atomic mass is 9.91. The maximum Gasteiger partial charge on any atom is 0.251 e. The first-order valence-electron chi connectivity index (χ1n) is 10.4. The maximum atomic E-state index is 12.5. The van der Waals surface area contributed by atoms with Crippen LogP contribution >= 0.6 is 11.3 Å². The van der Waals surface area contributed by atoms with Crippen molar-refractivity contribution in [3.05, 3.63) is 59.2 Å². The molecule has 0 bridgehead atoms. The van der Waals surface area contributed by atoms with Gasteiger partial charge in [-0.15, -0.1) is 11.3 Å². The second kappa shape index (κ2) is 9.36. The predicted molar refractivity (Wildman–Crippen MR) is 123 cm³/mol. The summed E-state index contributed by atoms with van der Waals surface area (Å²) in [4.78, 5) is 34.3. The van der Waals surface area contributed by atoms with E-state index in [0.717, 1.165) is 41.9 Å². The summed E-state index contributed by atoms with van der Waals surface area (Å²) in [5, 5.41) is 6.29. The third-order valence-electron chi connectivity index (χ3n) is 5.43. The Balaban J connectivity index is 1.42. The number of nitrogens with one attached hydrogen (secondary N) is 2. The first-order chi connectivity index (χ1) is 15.0. The highest BCUT2D eigenvalue weighted by molar-refractivity contribution is 7.17. The van der Waals surface area contributed by atoms with E-state index in [1.807, 2.05) is 30.3 Å². The molecular formula is C23H25N5O2S. The van der Waals surface area contributed by atoms with E-state index in [4.69, 9.17) is 5.73 Å². The molecule has 0 spiro atoms. The maximum absolute atomic E-state index is 12.5. The number of carbonyl (C=O) groups is 2. The van der Waals surface area contributed by atoms with Crippen molar-refractivity contribution in [2.24, 2.45) is 5.73 Å². The molecule has 8 heteroatoms. The average molecular weight is 436 g/mol. The lowest BCUT2D eigenvalue weighted by molar-refractivity contribution is 0.0920. The van der Waals surface area contributed by atoms with Crippen LogP contribution in [0.3, 0.4) is 0 Å². The second-order valence-corrected chi connectivity index (χ2v) is 8.82. The number of benzene rings is 1. The van der Waals surface area contributed by atoms with Gasteiger partial charge in [0.05, 0.1) is 15.4 Å². The lowest BCUT2D eigenvalue weighted by Gasteiger charge is -2.29. The van der Waals surface area contributed by atoms with Crippen LogP contribution in [0, 0.1) is 0 Å². The molecule has 1 amide bonds. The van der Waals surface area contributed by atoms with Gasteiger partial charge in [-0.25, -0.2) is 9.97 Å². The van der Waals surface area contributed by atoms with Crippen LogP contribution < -0.4 is 16.4 Å². The summed E-state index contributed by atoms with van der Waals surface area (Å²) < 4.78 is 0. The van der Waals surface area contributed by atoms with Gasteiger partial charge in [0.2, 0.25) is 0 Å². The van der Waals surface area contributed by atoms with Crippen molar-refractivity contribution < 1.29 is 9.59 Å². The predicted octanol–water partition coefficient (Wildman–Crippen LogP) is 4.15. The lowest BCUT2D eigenvalue weighted by Crippen LogP contribution is -2.49. The molecule has 1 aliphatic carbocycles. The zero-order valence-electron chi connectivity index (χ0n) is 17.3. The number of Topliss-reactive ketones (excluding diaryl/α,β-unsaturated/α-hetero) is 1. The zero-order valence-corrected chi connectivity index (χ0v) is 18.1. The molecule has 0 aliphatic heterocycles. The van der Waals surface area contributed by atoms with Crippen LogP contribution in [-0.2, 0) is 0 Å². The highest BCUT2D eigenvalue weighted by atomic mass is 32.1. The monoisotopic (exact) mass is 435 g/mol. The van der Waals surface area contributed by atoms with Gasteiger partial charge in [-0.1, -0.05) is 12.8 Å². The summed E-state index contributed by atoms with van der Waals surface area (Å²) in [7, 11) is 0. The van der Waals surface area contributed by atoms with Gasteiger partial charge in [0.1, 0.15) is 12.1 Å². The molecule has 4 N–H and O–H groups in total. The molecule has 2 atom stereocenters. The molecule has 2 heterocycles. The molecule has 1 aliphatic rings. The van der Waals surface area contributed by atoms with Crippen LogP contribution in [-0.4, -0.2) is 33.7 Å². The number of thiophene rings is 1. The van der Waals surface area contributed by atoms with Crippen LogP contribution in [0.5, 0.6) is 0 Å². The molecule has 1 aromatic carbocycles. The molecule has 2 aromatic heterocycles. The number of hydrogen-bond acceptors (Lipinski definition) is 7. The van der Waals surface area contributed by atoms with Crippen molar-refractivity contribution in [1.82, 2.24) is 15.3 Å². The summed E-state index contributed by atoms with van der Waals surface area (Å²) in [6, 6.07) is 12.9. The number of aromatic nitrogens is 2. The van der Waals surface area contributed by atoms with Gasteiger partial charge in [0.25, 0.3) is 5.91 Å². The van der Waals surface area contributed by atoms with Crippen molar-refractivity contribution in [2.45, 2.75) is 44.7 Å².